The van der Waals surface area contributed by atoms with E-state index in [9.17, 15) is 4.79 Å². The highest BCUT2D eigenvalue weighted by Gasteiger charge is 2.42. The number of hydrogen-bond donors (Lipinski definition) is 1. The summed E-state index contributed by atoms with van der Waals surface area (Å²) >= 11 is 0. The largest absolute Gasteiger partial charge is 0.464 e. The SMILES string of the molecule is COC(=O)c1cc2c(n1C)C1OCCCC1C(c1ccccc1)N2. The number of rotatable bonds is 2. The molecule has 2 aliphatic rings. The highest BCUT2D eigenvalue weighted by Crippen LogP contribution is 2.49. The number of carbonyl (C=O) groups is 1. The summed E-state index contributed by atoms with van der Waals surface area (Å²) in [5, 5.41) is 3.64. The molecule has 2 aromatic rings. The second-order valence-electron chi connectivity index (χ2n) is 6.51. The van der Waals surface area contributed by atoms with Crippen LogP contribution in [-0.2, 0) is 16.5 Å². The van der Waals surface area contributed by atoms with E-state index in [1.165, 1.54) is 12.7 Å². The molecule has 0 amide bonds. The van der Waals surface area contributed by atoms with Crippen molar-refractivity contribution in [1.82, 2.24) is 4.57 Å². The molecule has 0 saturated carbocycles. The molecular formula is C19H22N2O3. The van der Waals surface area contributed by atoms with Crippen LogP contribution in [0.15, 0.2) is 36.4 Å². The van der Waals surface area contributed by atoms with Crippen molar-refractivity contribution in [2.75, 3.05) is 19.0 Å². The Morgan fingerprint density at radius 2 is 2.12 bits per heavy atom. The normalized spacial score (nSPS) is 25.3. The third-order valence-corrected chi connectivity index (χ3v) is 5.21. The Hall–Kier alpha value is -2.27. The first-order chi connectivity index (χ1) is 11.7. The van der Waals surface area contributed by atoms with Crippen LogP contribution in [0, 0.1) is 5.92 Å². The van der Waals surface area contributed by atoms with Crippen LogP contribution in [0.1, 0.15) is 46.7 Å². The Bertz CT molecular complexity index is 753. The molecular weight excluding hydrogens is 304 g/mol. The Morgan fingerprint density at radius 3 is 2.88 bits per heavy atom. The molecule has 3 atom stereocenters. The zero-order valence-electron chi connectivity index (χ0n) is 14.0. The van der Waals surface area contributed by atoms with Gasteiger partial charge in [0.25, 0.3) is 0 Å². The first-order valence-electron chi connectivity index (χ1n) is 8.41. The zero-order chi connectivity index (χ0) is 16.7. The fourth-order valence-corrected chi connectivity index (χ4v) is 4.07. The monoisotopic (exact) mass is 326 g/mol. The number of esters is 1. The van der Waals surface area contributed by atoms with Crippen molar-refractivity contribution in [2.24, 2.45) is 13.0 Å². The highest BCUT2D eigenvalue weighted by molar-refractivity contribution is 5.90. The van der Waals surface area contributed by atoms with E-state index in [4.69, 9.17) is 9.47 Å². The van der Waals surface area contributed by atoms with Gasteiger partial charge in [0, 0.05) is 19.6 Å². The maximum absolute atomic E-state index is 12.1. The van der Waals surface area contributed by atoms with E-state index in [-0.39, 0.29) is 18.1 Å². The lowest BCUT2D eigenvalue weighted by Crippen LogP contribution is -2.36. The van der Waals surface area contributed by atoms with Crippen molar-refractivity contribution in [3.8, 4) is 0 Å². The van der Waals surface area contributed by atoms with Crippen LogP contribution < -0.4 is 5.32 Å². The van der Waals surface area contributed by atoms with Crippen molar-refractivity contribution in [1.29, 1.82) is 0 Å². The highest BCUT2D eigenvalue weighted by atomic mass is 16.5. The summed E-state index contributed by atoms with van der Waals surface area (Å²) in [5.41, 5.74) is 3.82. The second-order valence-corrected chi connectivity index (χ2v) is 6.51. The van der Waals surface area contributed by atoms with Crippen molar-refractivity contribution in [3.05, 3.63) is 53.3 Å². The van der Waals surface area contributed by atoms with Gasteiger partial charge in [0.2, 0.25) is 0 Å². The quantitative estimate of drug-likeness (QED) is 0.859. The topological polar surface area (TPSA) is 52.5 Å². The van der Waals surface area contributed by atoms with Crippen LogP contribution in [0.3, 0.4) is 0 Å². The van der Waals surface area contributed by atoms with Crippen LogP contribution in [0.4, 0.5) is 5.69 Å². The lowest BCUT2D eigenvalue weighted by atomic mass is 9.79. The van der Waals surface area contributed by atoms with E-state index in [1.54, 1.807) is 0 Å². The van der Waals surface area contributed by atoms with Crippen molar-refractivity contribution >= 4 is 11.7 Å². The summed E-state index contributed by atoms with van der Waals surface area (Å²) in [7, 11) is 3.32. The van der Waals surface area contributed by atoms with Crippen LogP contribution in [0.2, 0.25) is 0 Å². The summed E-state index contributed by atoms with van der Waals surface area (Å²) in [6, 6.07) is 12.5. The average Bonchev–Trinajstić information content (AvgIpc) is 2.98. The van der Waals surface area contributed by atoms with Gasteiger partial charge >= 0.3 is 5.97 Å². The lowest BCUT2D eigenvalue weighted by molar-refractivity contribution is -0.0421. The summed E-state index contributed by atoms with van der Waals surface area (Å²) in [4.78, 5) is 12.1. The first-order valence-corrected chi connectivity index (χ1v) is 8.41. The molecule has 3 unspecified atom stereocenters. The summed E-state index contributed by atoms with van der Waals surface area (Å²) in [6.07, 6.45) is 2.18. The van der Waals surface area contributed by atoms with Crippen LogP contribution in [-0.4, -0.2) is 24.3 Å². The smallest absolute Gasteiger partial charge is 0.354 e. The van der Waals surface area contributed by atoms with Crippen molar-refractivity contribution in [2.45, 2.75) is 25.0 Å². The lowest BCUT2D eigenvalue weighted by Gasteiger charge is -2.42. The van der Waals surface area contributed by atoms with E-state index in [0.29, 0.717) is 11.6 Å². The Kier molecular flexibility index (Phi) is 3.81. The maximum atomic E-state index is 12.1. The predicted octanol–water partition coefficient (Wildman–Crippen LogP) is 3.45. The van der Waals surface area contributed by atoms with Crippen LogP contribution in [0.25, 0.3) is 0 Å². The molecule has 0 radical (unpaired) electrons. The maximum Gasteiger partial charge on any atom is 0.354 e. The minimum Gasteiger partial charge on any atom is -0.464 e. The van der Waals surface area contributed by atoms with E-state index in [0.717, 1.165) is 30.8 Å². The number of methoxy groups -OCH3 is 1. The van der Waals surface area contributed by atoms with E-state index in [1.807, 2.05) is 23.7 Å². The number of nitrogens with zero attached hydrogens (tertiary/aromatic N) is 1. The molecule has 0 bridgehead atoms. The predicted molar refractivity (Wildman–Crippen MR) is 91.0 cm³/mol. The summed E-state index contributed by atoms with van der Waals surface area (Å²) in [5.74, 6) is 0.0325. The molecule has 0 spiro atoms. The molecule has 4 rings (SSSR count). The van der Waals surface area contributed by atoms with E-state index in [2.05, 4.69) is 29.6 Å². The molecule has 5 nitrogen and oxygen atoms in total. The fraction of sp³-hybridized carbons (Fsp3) is 0.421. The van der Waals surface area contributed by atoms with Gasteiger partial charge in [0.1, 0.15) is 11.8 Å². The Labute approximate surface area is 141 Å². The number of anilines is 1. The number of ether oxygens (including phenoxy) is 2. The third kappa shape index (κ3) is 2.31. The molecule has 1 aromatic heterocycles. The number of carbonyl (C=O) groups excluding carboxylic acids is 1. The van der Waals surface area contributed by atoms with Crippen molar-refractivity contribution < 1.29 is 14.3 Å². The third-order valence-electron chi connectivity index (χ3n) is 5.21. The van der Waals surface area contributed by atoms with Gasteiger partial charge in [0.05, 0.1) is 24.5 Å². The average molecular weight is 326 g/mol. The van der Waals surface area contributed by atoms with Gasteiger partial charge in [-0.15, -0.1) is 0 Å². The van der Waals surface area contributed by atoms with Crippen LogP contribution >= 0.6 is 0 Å². The molecule has 2 aliphatic heterocycles. The Morgan fingerprint density at radius 1 is 1.33 bits per heavy atom. The molecule has 1 fully saturated rings. The number of nitrogens with one attached hydrogen (secondary N) is 1. The molecule has 3 heterocycles. The van der Waals surface area contributed by atoms with Gasteiger partial charge < -0.3 is 19.4 Å². The molecule has 1 aromatic carbocycles. The molecule has 5 heteroatoms. The molecule has 126 valence electrons. The van der Waals surface area contributed by atoms with Gasteiger partial charge in [0.15, 0.2) is 0 Å². The molecule has 0 aliphatic carbocycles. The number of benzene rings is 1. The zero-order valence-corrected chi connectivity index (χ0v) is 14.0. The summed E-state index contributed by atoms with van der Waals surface area (Å²) in [6.45, 7) is 0.765. The minimum atomic E-state index is -0.322. The molecule has 24 heavy (non-hydrogen) atoms. The summed E-state index contributed by atoms with van der Waals surface area (Å²) < 4.78 is 13.0. The molecule has 1 saturated heterocycles. The number of hydrogen-bond acceptors (Lipinski definition) is 4. The van der Waals surface area contributed by atoms with Gasteiger partial charge in [-0.2, -0.15) is 0 Å². The second kappa shape index (κ2) is 5.98. The van der Waals surface area contributed by atoms with Gasteiger partial charge in [-0.1, -0.05) is 30.3 Å². The minimum absolute atomic E-state index is 0.00334. The number of aromatic nitrogens is 1. The van der Waals surface area contributed by atoms with Gasteiger partial charge in [-0.05, 0) is 24.5 Å². The van der Waals surface area contributed by atoms with Gasteiger partial charge in [-0.3, -0.25) is 0 Å². The first kappa shape index (κ1) is 15.3. The fourth-order valence-electron chi connectivity index (χ4n) is 4.07. The Balaban J connectivity index is 1.80. The van der Waals surface area contributed by atoms with Gasteiger partial charge in [-0.25, -0.2) is 4.79 Å². The van der Waals surface area contributed by atoms with E-state index < -0.39 is 0 Å². The number of fused-ring (bicyclic) bond motifs is 3. The molecule has 1 N–H and O–H groups in total. The van der Waals surface area contributed by atoms with E-state index >= 15 is 0 Å². The van der Waals surface area contributed by atoms with Crippen molar-refractivity contribution in [3.63, 3.8) is 0 Å². The standard InChI is InChI=1S/C19H22N2O3/c1-21-15(19(22)23-2)11-14-17(21)18-13(9-6-10-24-18)16(20-14)12-7-4-3-5-8-12/h3-5,7-8,11,13,16,18,20H,6,9-10H2,1-2H3. The van der Waals surface area contributed by atoms with Crippen LogP contribution in [0.5, 0.6) is 0 Å².